The van der Waals surface area contributed by atoms with Crippen molar-refractivity contribution in [1.29, 1.82) is 5.26 Å². The zero-order valence-corrected chi connectivity index (χ0v) is 12.4. The highest BCUT2D eigenvalue weighted by Gasteiger charge is 2.17. The number of aryl methyl sites for hydroxylation is 1. The second-order valence-electron chi connectivity index (χ2n) is 5.58. The lowest BCUT2D eigenvalue weighted by Gasteiger charge is -2.13. The van der Waals surface area contributed by atoms with Crippen LogP contribution in [0.2, 0.25) is 0 Å². The molecule has 0 bridgehead atoms. The van der Waals surface area contributed by atoms with Crippen molar-refractivity contribution in [2.24, 2.45) is 0 Å². The van der Waals surface area contributed by atoms with Crippen LogP contribution in [0.3, 0.4) is 0 Å². The van der Waals surface area contributed by atoms with Gasteiger partial charge in [-0.1, -0.05) is 24.3 Å². The minimum atomic E-state index is -0.137. The van der Waals surface area contributed by atoms with Crippen LogP contribution in [0.15, 0.2) is 41.4 Å². The van der Waals surface area contributed by atoms with E-state index in [1.807, 2.05) is 30.4 Å². The van der Waals surface area contributed by atoms with Crippen LogP contribution in [0.5, 0.6) is 0 Å². The Morgan fingerprint density at radius 1 is 1.43 bits per heavy atom. The summed E-state index contributed by atoms with van der Waals surface area (Å²) in [6.07, 6.45) is 10.5. The lowest BCUT2D eigenvalue weighted by Crippen LogP contribution is -2.17. The van der Waals surface area contributed by atoms with Gasteiger partial charge in [0, 0.05) is 23.1 Å². The molecule has 1 aliphatic rings. The van der Waals surface area contributed by atoms with Crippen LogP contribution in [0, 0.1) is 18.3 Å². The topological polar surface area (TPSA) is 86.8 Å². The molecule has 3 aromatic heterocycles. The molecule has 6 heteroatoms. The van der Waals surface area contributed by atoms with Crippen molar-refractivity contribution in [1.82, 2.24) is 19.6 Å². The number of nitrogens with zero attached hydrogens (tertiary/aromatic N) is 4. The number of aromatic nitrogens is 4. The van der Waals surface area contributed by atoms with E-state index in [9.17, 15) is 10.1 Å². The van der Waals surface area contributed by atoms with Gasteiger partial charge in [-0.3, -0.25) is 4.79 Å². The first-order valence-electron chi connectivity index (χ1n) is 7.33. The summed E-state index contributed by atoms with van der Waals surface area (Å²) in [5, 5.41) is 14.3. The number of allylic oxidation sites excluding steroid dienone is 4. The number of nitriles is 1. The second kappa shape index (κ2) is 4.92. The quantitative estimate of drug-likeness (QED) is 0.747. The van der Waals surface area contributed by atoms with Crippen molar-refractivity contribution in [3.8, 4) is 6.07 Å². The van der Waals surface area contributed by atoms with Crippen LogP contribution in [0.4, 0.5) is 0 Å². The van der Waals surface area contributed by atoms with Crippen molar-refractivity contribution < 1.29 is 0 Å². The smallest absolute Gasteiger partial charge is 0.253 e. The molecule has 1 unspecified atom stereocenters. The number of pyridine rings is 1. The van der Waals surface area contributed by atoms with Gasteiger partial charge in [0.2, 0.25) is 0 Å². The number of aromatic amines is 1. The molecule has 1 atom stereocenters. The second-order valence-corrected chi connectivity index (χ2v) is 5.58. The summed E-state index contributed by atoms with van der Waals surface area (Å²) in [5.74, 6) is 0.0675. The van der Waals surface area contributed by atoms with Crippen molar-refractivity contribution in [2.75, 3.05) is 0 Å². The molecule has 1 aliphatic carbocycles. The van der Waals surface area contributed by atoms with E-state index in [1.54, 1.807) is 13.1 Å². The lowest BCUT2D eigenvalue weighted by molar-refractivity contribution is 0.834. The zero-order chi connectivity index (χ0) is 16.0. The Bertz CT molecular complexity index is 1090. The summed E-state index contributed by atoms with van der Waals surface area (Å²) in [4.78, 5) is 19.7. The average Bonchev–Trinajstić information content (AvgIpc) is 2.90. The first-order valence-corrected chi connectivity index (χ1v) is 7.33. The third-order valence-electron chi connectivity index (χ3n) is 4.14. The zero-order valence-electron chi connectivity index (χ0n) is 12.4. The molecule has 4 rings (SSSR count). The van der Waals surface area contributed by atoms with Gasteiger partial charge in [-0.15, -0.1) is 0 Å². The van der Waals surface area contributed by atoms with Gasteiger partial charge in [-0.2, -0.15) is 14.9 Å². The molecular formula is C17H13N5O. The number of H-pyrrole nitrogens is 1. The van der Waals surface area contributed by atoms with Gasteiger partial charge in [0.05, 0.1) is 5.69 Å². The van der Waals surface area contributed by atoms with Gasteiger partial charge < -0.3 is 4.98 Å². The first kappa shape index (κ1) is 13.5. The van der Waals surface area contributed by atoms with E-state index in [0.29, 0.717) is 28.1 Å². The van der Waals surface area contributed by atoms with E-state index in [2.05, 4.69) is 21.1 Å². The fourth-order valence-electron chi connectivity index (χ4n) is 2.97. The van der Waals surface area contributed by atoms with E-state index in [4.69, 9.17) is 0 Å². The Kier molecular flexibility index (Phi) is 2.88. The van der Waals surface area contributed by atoms with Gasteiger partial charge >= 0.3 is 0 Å². The van der Waals surface area contributed by atoms with Gasteiger partial charge in [0.1, 0.15) is 17.3 Å². The molecule has 0 spiro atoms. The Morgan fingerprint density at radius 3 is 3.04 bits per heavy atom. The van der Waals surface area contributed by atoms with E-state index in [-0.39, 0.29) is 11.5 Å². The van der Waals surface area contributed by atoms with Crippen molar-refractivity contribution in [3.05, 3.63) is 63.7 Å². The molecule has 1 N–H and O–H groups in total. The van der Waals surface area contributed by atoms with Crippen LogP contribution < -0.4 is 5.56 Å². The van der Waals surface area contributed by atoms with Crippen molar-refractivity contribution in [2.45, 2.75) is 19.3 Å². The third kappa shape index (κ3) is 1.98. The number of hydrogen-bond donors (Lipinski definition) is 1. The Balaban J connectivity index is 2.00. The minimum absolute atomic E-state index is 0.0675. The summed E-state index contributed by atoms with van der Waals surface area (Å²) >= 11 is 0. The number of hydrogen-bond acceptors (Lipinski definition) is 4. The van der Waals surface area contributed by atoms with Crippen LogP contribution >= 0.6 is 0 Å². The molecule has 23 heavy (non-hydrogen) atoms. The summed E-state index contributed by atoms with van der Waals surface area (Å²) in [6.45, 7) is 1.75. The van der Waals surface area contributed by atoms with E-state index >= 15 is 0 Å². The van der Waals surface area contributed by atoms with Crippen LogP contribution in [0.1, 0.15) is 29.2 Å². The van der Waals surface area contributed by atoms with E-state index < -0.39 is 0 Å². The fourth-order valence-corrected chi connectivity index (χ4v) is 2.97. The number of nitrogens with one attached hydrogen (secondary N) is 1. The fraction of sp³-hybridized carbons (Fsp3) is 0.176. The summed E-state index contributed by atoms with van der Waals surface area (Å²) in [5.41, 5.74) is 2.62. The standard InChI is InChI=1S/C17H13N5O/c1-10-14(8-18)16-19-9-12-7-13(11-5-3-2-4-6-11)17(23)20-15(12)22(16)21-10/h2-5,7,9,11H,6H2,1H3,(H,20,23). The van der Waals surface area contributed by atoms with Gasteiger partial charge in [0.25, 0.3) is 5.56 Å². The van der Waals surface area contributed by atoms with Gasteiger partial charge in [0.15, 0.2) is 5.65 Å². The van der Waals surface area contributed by atoms with E-state index in [1.165, 1.54) is 4.52 Å². The average molecular weight is 303 g/mol. The third-order valence-corrected chi connectivity index (χ3v) is 4.14. The van der Waals surface area contributed by atoms with Crippen LogP contribution in [0.25, 0.3) is 16.7 Å². The summed E-state index contributed by atoms with van der Waals surface area (Å²) in [7, 11) is 0. The molecule has 3 heterocycles. The Hall–Kier alpha value is -3.20. The molecule has 3 aromatic rings. The van der Waals surface area contributed by atoms with Gasteiger partial charge in [-0.25, -0.2) is 4.98 Å². The molecule has 0 saturated heterocycles. The maximum Gasteiger partial charge on any atom is 0.253 e. The highest BCUT2D eigenvalue weighted by Crippen LogP contribution is 2.24. The molecule has 0 radical (unpaired) electrons. The SMILES string of the molecule is Cc1nn2c(ncc3cc(C4C=CC=CC4)c(=O)[nH]c32)c1C#N. The monoisotopic (exact) mass is 303 g/mol. The molecule has 0 aliphatic heterocycles. The molecule has 0 aromatic carbocycles. The van der Waals surface area contributed by atoms with Crippen molar-refractivity contribution in [3.63, 3.8) is 0 Å². The van der Waals surface area contributed by atoms with Crippen molar-refractivity contribution >= 4 is 16.7 Å². The maximum absolute atomic E-state index is 12.5. The predicted octanol–water partition coefficient (Wildman–Crippen LogP) is 2.35. The summed E-state index contributed by atoms with van der Waals surface area (Å²) in [6, 6.07) is 3.97. The molecule has 6 nitrogen and oxygen atoms in total. The highest BCUT2D eigenvalue weighted by molar-refractivity contribution is 5.78. The number of fused-ring (bicyclic) bond motifs is 3. The largest absolute Gasteiger partial charge is 0.306 e. The molecule has 0 amide bonds. The molecular weight excluding hydrogens is 290 g/mol. The Labute approximate surface area is 131 Å². The van der Waals surface area contributed by atoms with E-state index in [0.717, 1.165) is 11.8 Å². The Morgan fingerprint density at radius 2 is 2.30 bits per heavy atom. The predicted molar refractivity (Wildman–Crippen MR) is 86.2 cm³/mol. The molecule has 0 saturated carbocycles. The summed E-state index contributed by atoms with van der Waals surface area (Å²) < 4.78 is 1.53. The van der Waals surface area contributed by atoms with Crippen LogP contribution in [-0.2, 0) is 0 Å². The highest BCUT2D eigenvalue weighted by atomic mass is 16.1. The maximum atomic E-state index is 12.5. The number of rotatable bonds is 1. The first-order chi connectivity index (χ1) is 11.2. The lowest BCUT2D eigenvalue weighted by atomic mass is 9.93. The van der Waals surface area contributed by atoms with Crippen LogP contribution in [-0.4, -0.2) is 19.6 Å². The van der Waals surface area contributed by atoms with Gasteiger partial charge in [-0.05, 0) is 19.4 Å². The minimum Gasteiger partial charge on any atom is -0.306 e. The molecule has 0 fully saturated rings. The molecule has 112 valence electrons. The normalized spacial score (nSPS) is 17.0.